The van der Waals surface area contributed by atoms with Gasteiger partial charge in [0.15, 0.2) is 0 Å². The molecule has 6 nitrogen and oxygen atoms in total. The third-order valence-corrected chi connectivity index (χ3v) is 5.50. The van der Waals surface area contributed by atoms with E-state index in [4.69, 9.17) is 11.5 Å². The molecule has 0 radical (unpaired) electrons. The summed E-state index contributed by atoms with van der Waals surface area (Å²) in [5.74, 6) is -0.819. The molecule has 1 saturated carbocycles. The zero-order valence-corrected chi connectivity index (χ0v) is 17.9. The average Bonchev–Trinajstić information content (AvgIpc) is 3.44. The van der Waals surface area contributed by atoms with Crippen molar-refractivity contribution in [2.75, 3.05) is 0 Å². The number of primary amides is 2. The first-order valence-electron chi connectivity index (χ1n) is 9.82. The summed E-state index contributed by atoms with van der Waals surface area (Å²) in [5, 5.41) is 0. The predicted octanol–water partition coefficient (Wildman–Crippen LogP) is 4.04. The predicted molar refractivity (Wildman–Crippen MR) is 121 cm³/mol. The largest absolute Gasteiger partial charge is 0.366 e. The Hall–Kier alpha value is -3.19. The first-order chi connectivity index (χ1) is 14.4. The molecule has 2 aromatic heterocycles. The highest BCUT2D eigenvalue weighted by Gasteiger charge is 2.02. The van der Waals surface area contributed by atoms with Crippen molar-refractivity contribution in [3.05, 3.63) is 86.5 Å². The van der Waals surface area contributed by atoms with E-state index in [1.54, 1.807) is 48.7 Å². The van der Waals surface area contributed by atoms with Crippen LogP contribution in [0.3, 0.4) is 0 Å². The van der Waals surface area contributed by atoms with Crippen LogP contribution < -0.4 is 17.0 Å². The summed E-state index contributed by atoms with van der Waals surface area (Å²) in [5.41, 5.74) is 11.1. The fraction of sp³-hybridized carbons (Fsp3) is 0.261. The van der Waals surface area contributed by atoms with Crippen LogP contribution >= 0.6 is 11.3 Å². The molecule has 0 unspecified atom stereocenters. The zero-order valence-electron chi connectivity index (χ0n) is 17.0. The summed E-state index contributed by atoms with van der Waals surface area (Å²) in [6, 6.07) is 15.1. The van der Waals surface area contributed by atoms with Gasteiger partial charge in [-0.2, -0.15) is 0 Å². The molecule has 0 spiro atoms. The number of pyridine rings is 1. The van der Waals surface area contributed by atoms with Gasteiger partial charge in [-0.05, 0) is 49.4 Å². The Balaban J connectivity index is 0.000000190. The summed E-state index contributed by atoms with van der Waals surface area (Å²) in [7, 11) is 0. The number of hydrogen-bond acceptors (Lipinski definition) is 4. The van der Waals surface area contributed by atoms with E-state index in [0.29, 0.717) is 16.1 Å². The minimum atomic E-state index is -0.480. The van der Waals surface area contributed by atoms with E-state index < -0.39 is 5.91 Å². The Labute approximate surface area is 180 Å². The number of nitrogens with two attached hydrogens (primary N) is 2. The third kappa shape index (κ3) is 7.33. The van der Waals surface area contributed by atoms with Gasteiger partial charge in [-0.25, -0.2) is 0 Å². The van der Waals surface area contributed by atoms with Crippen molar-refractivity contribution in [2.24, 2.45) is 11.5 Å². The minimum absolute atomic E-state index is 0.116. The van der Waals surface area contributed by atoms with Crippen molar-refractivity contribution >= 4 is 23.2 Å². The molecule has 3 aromatic rings. The van der Waals surface area contributed by atoms with Gasteiger partial charge in [0.1, 0.15) is 0 Å². The molecule has 1 aliphatic carbocycles. The van der Waals surface area contributed by atoms with Gasteiger partial charge in [0, 0.05) is 28.4 Å². The molecular weight excluding hydrogens is 398 g/mol. The number of carbonyl (C=O) groups is 2. The maximum absolute atomic E-state index is 11.5. The van der Waals surface area contributed by atoms with Crippen LogP contribution in [0.5, 0.6) is 0 Å². The number of amides is 2. The topological polar surface area (TPSA) is 108 Å². The van der Waals surface area contributed by atoms with Gasteiger partial charge >= 0.3 is 0 Å². The second-order valence-corrected chi connectivity index (χ2v) is 8.15. The van der Waals surface area contributed by atoms with Crippen molar-refractivity contribution < 1.29 is 9.59 Å². The van der Waals surface area contributed by atoms with Crippen LogP contribution in [0.25, 0.3) is 5.69 Å². The first kappa shape index (κ1) is 23.1. The highest BCUT2D eigenvalue weighted by molar-refractivity contribution is 7.13. The van der Waals surface area contributed by atoms with Gasteiger partial charge in [0.25, 0.3) is 11.5 Å². The molecule has 0 bridgehead atoms. The SMILES string of the molecule is C1CCCC1.Cc1ccc(C(N)=O)s1.NC(=O)c1ccc(-n2ccccc2=O)cc1. The third-order valence-electron chi connectivity index (χ3n) is 4.49. The fourth-order valence-corrected chi connectivity index (χ4v) is 3.60. The summed E-state index contributed by atoms with van der Waals surface area (Å²) in [4.78, 5) is 34.6. The molecule has 158 valence electrons. The maximum atomic E-state index is 11.5. The van der Waals surface area contributed by atoms with Crippen molar-refractivity contribution in [3.63, 3.8) is 0 Å². The van der Waals surface area contributed by atoms with Gasteiger partial charge in [-0.3, -0.25) is 19.0 Å². The highest BCUT2D eigenvalue weighted by Crippen LogP contribution is 2.15. The summed E-state index contributed by atoms with van der Waals surface area (Å²) in [6.07, 6.45) is 9.17. The molecule has 2 amide bonds. The van der Waals surface area contributed by atoms with Crippen molar-refractivity contribution in [1.82, 2.24) is 4.57 Å². The van der Waals surface area contributed by atoms with E-state index in [1.165, 1.54) is 54.1 Å². The Morgan fingerprint density at radius 3 is 1.83 bits per heavy atom. The lowest BCUT2D eigenvalue weighted by Gasteiger charge is -2.04. The van der Waals surface area contributed by atoms with E-state index in [0.717, 1.165) is 4.88 Å². The van der Waals surface area contributed by atoms with Gasteiger partial charge < -0.3 is 11.5 Å². The van der Waals surface area contributed by atoms with Crippen LogP contribution in [0.2, 0.25) is 0 Å². The second-order valence-electron chi connectivity index (χ2n) is 6.86. The Kier molecular flexibility index (Phi) is 9.03. The van der Waals surface area contributed by atoms with Crippen molar-refractivity contribution in [2.45, 2.75) is 39.0 Å². The van der Waals surface area contributed by atoms with Crippen molar-refractivity contribution in [1.29, 1.82) is 0 Å². The van der Waals surface area contributed by atoms with Crippen LogP contribution in [-0.4, -0.2) is 16.4 Å². The lowest BCUT2D eigenvalue weighted by atomic mass is 10.2. The lowest BCUT2D eigenvalue weighted by Crippen LogP contribution is -2.16. The van der Waals surface area contributed by atoms with Crippen LogP contribution in [0.4, 0.5) is 0 Å². The Bertz CT molecular complexity index is 1010. The van der Waals surface area contributed by atoms with E-state index in [-0.39, 0.29) is 11.5 Å². The summed E-state index contributed by atoms with van der Waals surface area (Å²) >= 11 is 1.42. The van der Waals surface area contributed by atoms with Gasteiger partial charge in [-0.15, -0.1) is 11.3 Å². The summed E-state index contributed by atoms with van der Waals surface area (Å²) < 4.78 is 1.49. The molecule has 0 aliphatic heterocycles. The number of benzene rings is 1. The standard InChI is InChI=1S/C12H10N2O2.C6H7NOS.C5H10/c13-12(16)9-4-6-10(7-5-9)14-8-2-1-3-11(14)15;1-4-2-3-5(9-4)6(7)8;1-2-4-5-3-1/h1-8H,(H2,13,16);2-3H,1H3,(H2,7,8);1-5H2. The molecule has 2 heterocycles. The smallest absolute Gasteiger partial charge is 0.258 e. The van der Waals surface area contributed by atoms with E-state index >= 15 is 0 Å². The molecule has 4 N–H and O–H groups in total. The summed E-state index contributed by atoms with van der Waals surface area (Å²) in [6.45, 7) is 1.94. The van der Waals surface area contributed by atoms with E-state index in [2.05, 4.69) is 0 Å². The molecule has 1 fully saturated rings. The molecule has 1 aromatic carbocycles. The Morgan fingerprint density at radius 1 is 0.833 bits per heavy atom. The number of hydrogen-bond donors (Lipinski definition) is 2. The zero-order chi connectivity index (χ0) is 21.9. The molecular formula is C23H27N3O3S. The van der Waals surface area contributed by atoms with Crippen molar-refractivity contribution in [3.8, 4) is 5.69 Å². The normalized spacial score (nSPS) is 12.2. The molecule has 7 heteroatoms. The highest BCUT2D eigenvalue weighted by atomic mass is 32.1. The molecule has 4 rings (SSSR count). The number of thiophene rings is 1. The van der Waals surface area contributed by atoms with Crippen LogP contribution in [0.1, 0.15) is 57.0 Å². The number of nitrogens with zero attached hydrogens (tertiary/aromatic N) is 1. The van der Waals surface area contributed by atoms with Gasteiger partial charge in [0.05, 0.1) is 4.88 Å². The van der Waals surface area contributed by atoms with Crippen LogP contribution in [-0.2, 0) is 0 Å². The lowest BCUT2D eigenvalue weighted by molar-refractivity contribution is 0.0993. The number of aromatic nitrogens is 1. The monoisotopic (exact) mass is 425 g/mol. The average molecular weight is 426 g/mol. The van der Waals surface area contributed by atoms with E-state index in [1.807, 2.05) is 13.0 Å². The quantitative estimate of drug-likeness (QED) is 0.661. The first-order valence-corrected chi connectivity index (χ1v) is 10.6. The van der Waals surface area contributed by atoms with Gasteiger partial charge in [-0.1, -0.05) is 38.2 Å². The number of carbonyl (C=O) groups excluding carboxylic acids is 2. The van der Waals surface area contributed by atoms with Crippen LogP contribution in [0, 0.1) is 6.92 Å². The molecule has 30 heavy (non-hydrogen) atoms. The molecule has 0 atom stereocenters. The number of rotatable bonds is 3. The number of aryl methyl sites for hydroxylation is 1. The van der Waals surface area contributed by atoms with Gasteiger partial charge in [0.2, 0.25) is 5.91 Å². The van der Waals surface area contributed by atoms with E-state index in [9.17, 15) is 14.4 Å². The fourth-order valence-electron chi connectivity index (χ4n) is 2.88. The molecule has 1 aliphatic rings. The van der Waals surface area contributed by atoms with Crippen LogP contribution in [0.15, 0.2) is 65.6 Å². The maximum Gasteiger partial charge on any atom is 0.258 e. The Morgan fingerprint density at radius 2 is 1.43 bits per heavy atom. The minimum Gasteiger partial charge on any atom is -0.366 e. The molecule has 0 saturated heterocycles. The second kappa shape index (κ2) is 11.7.